The molecule has 0 amide bonds. The van der Waals surface area contributed by atoms with Gasteiger partial charge in [-0.25, -0.2) is 9.79 Å². The van der Waals surface area contributed by atoms with E-state index in [1.165, 1.54) is 0 Å². The lowest BCUT2D eigenvalue weighted by Crippen LogP contribution is -2.32. The summed E-state index contributed by atoms with van der Waals surface area (Å²) in [5.74, 6) is -1.82. The van der Waals surface area contributed by atoms with Gasteiger partial charge in [-0.3, -0.25) is 0 Å². The SMILES string of the molecule is CCOC(=O)C1=C(C)NC(SCC(=O)[O-])=N[C@H]1c1ccccc1. The van der Waals surface area contributed by atoms with Crippen molar-refractivity contribution in [2.75, 3.05) is 12.4 Å². The Balaban J connectivity index is 2.35. The molecule has 0 spiro atoms. The zero-order valence-corrected chi connectivity index (χ0v) is 13.7. The van der Waals surface area contributed by atoms with E-state index in [2.05, 4.69) is 10.3 Å². The number of carboxylic acids is 1. The number of esters is 1. The number of rotatable bonds is 5. The highest BCUT2D eigenvalue weighted by molar-refractivity contribution is 8.14. The van der Waals surface area contributed by atoms with Crippen molar-refractivity contribution >= 4 is 28.9 Å². The van der Waals surface area contributed by atoms with Gasteiger partial charge in [0, 0.05) is 11.4 Å². The average molecular weight is 333 g/mol. The van der Waals surface area contributed by atoms with Crippen LogP contribution in [0.15, 0.2) is 46.6 Å². The first-order chi connectivity index (χ1) is 11.0. The fourth-order valence-corrected chi connectivity index (χ4v) is 2.86. The van der Waals surface area contributed by atoms with Gasteiger partial charge in [0.1, 0.15) is 6.04 Å². The van der Waals surface area contributed by atoms with Gasteiger partial charge < -0.3 is 20.0 Å². The Morgan fingerprint density at radius 3 is 2.65 bits per heavy atom. The summed E-state index contributed by atoms with van der Waals surface area (Å²) in [5.41, 5.74) is 1.87. The number of hydrogen-bond acceptors (Lipinski definition) is 7. The lowest BCUT2D eigenvalue weighted by atomic mass is 9.97. The number of amidine groups is 1. The second-order valence-electron chi connectivity index (χ2n) is 4.79. The topological polar surface area (TPSA) is 90.8 Å². The minimum absolute atomic E-state index is 0.213. The minimum atomic E-state index is -1.17. The molecule has 1 aromatic rings. The summed E-state index contributed by atoms with van der Waals surface area (Å²) < 4.78 is 5.12. The number of allylic oxidation sites excluding steroid dienone is 1. The van der Waals surface area contributed by atoms with E-state index in [0.29, 0.717) is 16.4 Å². The Morgan fingerprint density at radius 2 is 2.04 bits per heavy atom. The van der Waals surface area contributed by atoms with E-state index in [4.69, 9.17) is 4.74 Å². The fourth-order valence-electron chi connectivity index (χ4n) is 2.20. The molecule has 0 fully saturated rings. The van der Waals surface area contributed by atoms with Crippen LogP contribution < -0.4 is 10.4 Å². The molecule has 1 atom stereocenters. The predicted octanol–water partition coefficient (Wildman–Crippen LogP) is 1.01. The molecule has 0 saturated heterocycles. The van der Waals surface area contributed by atoms with Crippen molar-refractivity contribution in [1.29, 1.82) is 0 Å². The first-order valence-electron chi connectivity index (χ1n) is 7.13. The number of carboxylic acid groups (broad SMARTS) is 1. The molecule has 1 aromatic carbocycles. The quantitative estimate of drug-likeness (QED) is 0.809. The molecule has 0 saturated carbocycles. The number of benzene rings is 1. The lowest BCUT2D eigenvalue weighted by Gasteiger charge is -2.25. The molecule has 6 nitrogen and oxygen atoms in total. The normalized spacial score (nSPS) is 17.3. The number of nitrogens with zero attached hydrogens (tertiary/aromatic N) is 1. The van der Waals surface area contributed by atoms with Gasteiger partial charge in [-0.1, -0.05) is 42.1 Å². The van der Waals surface area contributed by atoms with Crippen LogP contribution in [0.1, 0.15) is 25.5 Å². The summed E-state index contributed by atoms with van der Waals surface area (Å²) in [5, 5.41) is 14.0. The number of aliphatic imine (C=N–C) groups is 1. The second kappa shape index (κ2) is 7.82. The van der Waals surface area contributed by atoms with Gasteiger partial charge >= 0.3 is 5.97 Å². The number of thioether (sulfide) groups is 1. The van der Waals surface area contributed by atoms with Crippen molar-refractivity contribution in [2.24, 2.45) is 4.99 Å². The molecule has 1 N–H and O–H groups in total. The highest BCUT2D eigenvalue weighted by atomic mass is 32.2. The zero-order valence-electron chi connectivity index (χ0n) is 12.9. The summed E-state index contributed by atoms with van der Waals surface area (Å²) in [6.45, 7) is 3.76. The van der Waals surface area contributed by atoms with E-state index < -0.39 is 18.0 Å². The molecule has 0 aromatic heterocycles. The number of ether oxygens (including phenoxy) is 1. The van der Waals surface area contributed by atoms with Crippen molar-refractivity contribution in [3.63, 3.8) is 0 Å². The van der Waals surface area contributed by atoms with Gasteiger partial charge in [0.2, 0.25) is 0 Å². The van der Waals surface area contributed by atoms with Crippen LogP contribution in [-0.2, 0) is 14.3 Å². The first kappa shape index (κ1) is 17.1. The van der Waals surface area contributed by atoms with Crippen LogP contribution in [0.5, 0.6) is 0 Å². The van der Waals surface area contributed by atoms with Crippen LogP contribution in [0.25, 0.3) is 0 Å². The monoisotopic (exact) mass is 333 g/mol. The molecule has 0 radical (unpaired) electrons. The Morgan fingerprint density at radius 1 is 1.35 bits per heavy atom. The average Bonchev–Trinajstić information content (AvgIpc) is 2.53. The predicted molar refractivity (Wildman–Crippen MR) is 86.6 cm³/mol. The van der Waals surface area contributed by atoms with E-state index in [9.17, 15) is 14.7 Å². The Kier molecular flexibility index (Phi) is 5.81. The van der Waals surface area contributed by atoms with Crippen molar-refractivity contribution in [1.82, 2.24) is 5.32 Å². The van der Waals surface area contributed by atoms with Gasteiger partial charge in [-0.05, 0) is 19.4 Å². The molecule has 2 rings (SSSR count). The van der Waals surface area contributed by atoms with Crippen LogP contribution in [-0.4, -0.2) is 29.5 Å². The number of carbonyl (C=O) groups is 2. The van der Waals surface area contributed by atoms with Crippen LogP contribution in [0.4, 0.5) is 0 Å². The highest BCUT2D eigenvalue weighted by Gasteiger charge is 2.30. The van der Waals surface area contributed by atoms with Crippen molar-refractivity contribution in [3.8, 4) is 0 Å². The summed E-state index contributed by atoms with van der Waals surface area (Å²) in [7, 11) is 0. The summed E-state index contributed by atoms with van der Waals surface area (Å²) in [4.78, 5) is 27.4. The molecule has 1 heterocycles. The van der Waals surface area contributed by atoms with E-state index >= 15 is 0 Å². The largest absolute Gasteiger partial charge is 0.549 e. The van der Waals surface area contributed by atoms with Gasteiger partial charge in [-0.2, -0.15) is 0 Å². The van der Waals surface area contributed by atoms with E-state index in [1.54, 1.807) is 13.8 Å². The smallest absolute Gasteiger partial charge is 0.338 e. The second-order valence-corrected chi connectivity index (χ2v) is 5.76. The van der Waals surface area contributed by atoms with Gasteiger partial charge in [0.15, 0.2) is 5.17 Å². The molecule has 0 aliphatic carbocycles. The van der Waals surface area contributed by atoms with Crippen LogP contribution in [0.3, 0.4) is 0 Å². The minimum Gasteiger partial charge on any atom is -0.549 e. The van der Waals surface area contributed by atoms with E-state index in [0.717, 1.165) is 17.3 Å². The molecule has 23 heavy (non-hydrogen) atoms. The summed E-state index contributed by atoms with van der Waals surface area (Å²) in [6, 6.07) is 8.80. The number of carbonyl (C=O) groups excluding carboxylic acids is 2. The zero-order chi connectivity index (χ0) is 16.8. The number of aliphatic carboxylic acids is 1. The Bertz CT molecular complexity index is 655. The maximum atomic E-state index is 12.3. The lowest BCUT2D eigenvalue weighted by molar-refractivity contribution is -0.301. The van der Waals surface area contributed by atoms with Gasteiger partial charge in [0.25, 0.3) is 0 Å². The molecular weight excluding hydrogens is 316 g/mol. The summed E-state index contributed by atoms with van der Waals surface area (Å²) in [6.07, 6.45) is 0. The van der Waals surface area contributed by atoms with E-state index in [-0.39, 0.29) is 12.4 Å². The van der Waals surface area contributed by atoms with Crippen LogP contribution in [0, 0.1) is 0 Å². The third-order valence-electron chi connectivity index (χ3n) is 3.16. The molecule has 0 unspecified atom stereocenters. The third kappa shape index (κ3) is 4.35. The van der Waals surface area contributed by atoms with Gasteiger partial charge in [-0.15, -0.1) is 0 Å². The number of nitrogens with one attached hydrogen (secondary N) is 1. The van der Waals surface area contributed by atoms with Crippen LogP contribution in [0.2, 0.25) is 0 Å². The molecule has 122 valence electrons. The maximum absolute atomic E-state index is 12.3. The molecule has 0 bridgehead atoms. The summed E-state index contributed by atoms with van der Waals surface area (Å²) >= 11 is 1.03. The van der Waals surface area contributed by atoms with E-state index in [1.807, 2.05) is 30.3 Å². The Hall–Kier alpha value is -2.28. The molecule has 7 heteroatoms. The molecular formula is C16H17N2O4S-. The fraction of sp³-hybridized carbons (Fsp3) is 0.312. The van der Waals surface area contributed by atoms with Gasteiger partial charge in [0.05, 0.1) is 18.1 Å². The maximum Gasteiger partial charge on any atom is 0.338 e. The van der Waals surface area contributed by atoms with Crippen LogP contribution >= 0.6 is 11.8 Å². The first-order valence-corrected chi connectivity index (χ1v) is 8.11. The third-order valence-corrected chi connectivity index (χ3v) is 4.02. The molecule has 1 aliphatic rings. The van der Waals surface area contributed by atoms with Crippen molar-refractivity contribution in [3.05, 3.63) is 47.2 Å². The standard InChI is InChI=1S/C16H18N2O4S/c1-3-22-15(21)13-10(2)17-16(23-9-12(19)20)18-14(13)11-7-5-4-6-8-11/h4-8,14H,3,9H2,1-2H3,(H,17,18)(H,19,20)/p-1/t14-/m0/s1. The van der Waals surface area contributed by atoms with Crippen molar-refractivity contribution in [2.45, 2.75) is 19.9 Å². The van der Waals surface area contributed by atoms with Crippen molar-refractivity contribution < 1.29 is 19.4 Å². The highest BCUT2D eigenvalue weighted by Crippen LogP contribution is 2.32. The number of hydrogen-bond donors (Lipinski definition) is 1. The Labute approximate surface area is 138 Å². The molecule has 1 aliphatic heterocycles.